The van der Waals surface area contributed by atoms with Gasteiger partial charge in [0.05, 0.1) is 0 Å². The highest BCUT2D eigenvalue weighted by Crippen LogP contribution is 2.22. The van der Waals surface area contributed by atoms with Crippen LogP contribution >= 0.6 is 0 Å². The van der Waals surface area contributed by atoms with Gasteiger partial charge in [0.2, 0.25) is 0 Å². The lowest BCUT2D eigenvalue weighted by Gasteiger charge is -2.14. The van der Waals surface area contributed by atoms with Crippen molar-refractivity contribution in [2.75, 3.05) is 13.2 Å². The fourth-order valence-corrected chi connectivity index (χ4v) is 1.68. The van der Waals surface area contributed by atoms with Gasteiger partial charge in [0.15, 0.2) is 6.61 Å². The molecule has 0 radical (unpaired) electrons. The summed E-state index contributed by atoms with van der Waals surface area (Å²) in [6.45, 7) is 6.87. The zero-order valence-corrected chi connectivity index (χ0v) is 12.0. The third-order valence-corrected chi connectivity index (χ3v) is 2.81. The maximum Gasteiger partial charge on any atom is 0.257 e. The van der Waals surface area contributed by atoms with Crippen LogP contribution in [0.4, 0.5) is 0 Å². The highest BCUT2D eigenvalue weighted by molar-refractivity contribution is 5.77. The number of rotatable bonds is 7. The summed E-state index contributed by atoms with van der Waals surface area (Å²) in [7, 11) is 0. The Morgan fingerprint density at radius 1 is 1.32 bits per heavy atom. The molecule has 0 saturated carbocycles. The van der Waals surface area contributed by atoms with Gasteiger partial charge in [-0.15, -0.1) is 0 Å². The van der Waals surface area contributed by atoms with Gasteiger partial charge in [0.1, 0.15) is 5.75 Å². The average molecular weight is 264 g/mol. The smallest absolute Gasteiger partial charge is 0.257 e. The van der Waals surface area contributed by atoms with Crippen molar-refractivity contribution in [2.45, 2.75) is 33.2 Å². The van der Waals surface area contributed by atoms with E-state index in [1.807, 2.05) is 31.2 Å². The second-order valence-corrected chi connectivity index (χ2v) is 5.15. The molecule has 0 heterocycles. The predicted molar refractivity (Wildman–Crippen MR) is 77.0 cm³/mol. The second-order valence-electron chi connectivity index (χ2n) is 5.15. The molecule has 1 atom stereocenters. The summed E-state index contributed by atoms with van der Waals surface area (Å²) in [5.41, 5.74) is 6.77. The van der Waals surface area contributed by atoms with Crippen LogP contribution in [0.25, 0.3) is 0 Å². The maximum atomic E-state index is 11.6. The molecule has 1 aromatic carbocycles. The molecule has 106 valence electrons. The number of hydrogen-bond donors (Lipinski definition) is 2. The third-order valence-electron chi connectivity index (χ3n) is 2.81. The molecule has 1 rings (SSSR count). The molecule has 0 aromatic heterocycles. The Kier molecular flexibility index (Phi) is 6.36. The lowest BCUT2D eigenvalue weighted by atomic mass is 10.1. The fourth-order valence-electron chi connectivity index (χ4n) is 1.68. The number of nitrogens with two attached hydrogens (primary N) is 1. The van der Waals surface area contributed by atoms with Crippen molar-refractivity contribution in [1.82, 2.24) is 5.32 Å². The number of ether oxygens (including phenoxy) is 1. The van der Waals surface area contributed by atoms with E-state index in [2.05, 4.69) is 19.2 Å². The van der Waals surface area contributed by atoms with E-state index >= 15 is 0 Å². The van der Waals surface area contributed by atoms with E-state index in [1.165, 1.54) is 0 Å². The van der Waals surface area contributed by atoms with E-state index in [0.29, 0.717) is 18.2 Å². The van der Waals surface area contributed by atoms with E-state index in [4.69, 9.17) is 10.5 Å². The van der Waals surface area contributed by atoms with Crippen molar-refractivity contribution in [2.24, 2.45) is 11.7 Å². The highest BCUT2D eigenvalue weighted by atomic mass is 16.5. The van der Waals surface area contributed by atoms with Crippen LogP contribution in [0, 0.1) is 5.92 Å². The van der Waals surface area contributed by atoms with E-state index < -0.39 is 0 Å². The first-order chi connectivity index (χ1) is 9.00. The molecule has 19 heavy (non-hydrogen) atoms. The van der Waals surface area contributed by atoms with Crippen LogP contribution in [0.3, 0.4) is 0 Å². The maximum absolute atomic E-state index is 11.6. The van der Waals surface area contributed by atoms with Gasteiger partial charge < -0.3 is 15.8 Å². The zero-order chi connectivity index (χ0) is 14.3. The van der Waals surface area contributed by atoms with Crippen molar-refractivity contribution in [3.8, 4) is 5.75 Å². The number of nitrogens with one attached hydrogen (secondary N) is 1. The molecular weight excluding hydrogens is 240 g/mol. The van der Waals surface area contributed by atoms with Gasteiger partial charge in [-0.1, -0.05) is 32.0 Å². The van der Waals surface area contributed by atoms with Crippen LogP contribution < -0.4 is 15.8 Å². The van der Waals surface area contributed by atoms with Gasteiger partial charge >= 0.3 is 0 Å². The van der Waals surface area contributed by atoms with Gasteiger partial charge in [-0.25, -0.2) is 0 Å². The SMILES string of the molecule is CC(C)CCNC(=O)COc1ccccc1[C@H](C)N. The monoisotopic (exact) mass is 264 g/mol. The summed E-state index contributed by atoms with van der Waals surface area (Å²) in [4.78, 5) is 11.6. The number of carbonyl (C=O) groups excluding carboxylic acids is 1. The van der Waals surface area contributed by atoms with Crippen LogP contribution in [-0.4, -0.2) is 19.1 Å². The van der Waals surface area contributed by atoms with Gasteiger partial charge in [-0.2, -0.15) is 0 Å². The molecule has 3 N–H and O–H groups in total. The standard InChI is InChI=1S/C15H24N2O2/c1-11(2)8-9-17-15(18)10-19-14-7-5-4-6-13(14)12(3)16/h4-7,11-12H,8-10,16H2,1-3H3,(H,17,18)/t12-/m0/s1. The van der Waals surface area contributed by atoms with Gasteiger partial charge in [-0.3, -0.25) is 4.79 Å². The summed E-state index contributed by atoms with van der Waals surface area (Å²) in [6.07, 6.45) is 0.974. The molecule has 0 aliphatic rings. The Labute approximate surface area is 115 Å². The number of benzene rings is 1. The van der Waals surface area contributed by atoms with Crippen molar-refractivity contribution >= 4 is 5.91 Å². The summed E-state index contributed by atoms with van der Waals surface area (Å²) < 4.78 is 5.53. The predicted octanol–water partition coefficient (Wildman–Crippen LogP) is 2.25. The Morgan fingerprint density at radius 3 is 2.63 bits per heavy atom. The Morgan fingerprint density at radius 2 is 2.00 bits per heavy atom. The Bertz CT molecular complexity index is 403. The van der Waals surface area contributed by atoms with Gasteiger partial charge in [0.25, 0.3) is 5.91 Å². The van der Waals surface area contributed by atoms with Crippen LogP contribution in [0.1, 0.15) is 38.8 Å². The van der Waals surface area contributed by atoms with Crippen LogP contribution in [0.2, 0.25) is 0 Å². The minimum Gasteiger partial charge on any atom is -0.483 e. The minimum atomic E-state index is -0.111. The van der Waals surface area contributed by atoms with E-state index in [0.717, 1.165) is 12.0 Å². The molecule has 0 saturated heterocycles. The number of para-hydroxylation sites is 1. The Balaban J connectivity index is 2.42. The molecular formula is C15H24N2O2. The fraction of sp³-hybridized carbons (Fsp3) is 0.533. The largest absolute Gasteiger partial charge is 0.483 e. The van der Waals surface area contributed by atoms with Crippen LogP contribution in [0.5, 0.6) is 5.75 Å². The highest BCUT2D eigenvalue weighted by Gasteiger charge is 2.09. The molecule has 0 unspecified atom stereocenters. The van der Waals surface area contributed by atoms with E-state index in [9.17, 15) is 4.79 Å². The van der Waals surface area contributed by atoms with Crippen molar-refractivity contribution in [3.05, 3.63) is 29.8 Å². The van der Waals surface area contributed by atoms with E-state index in [-0.39, 0.29) is 18.6 Å². The molecule has 0 aliphatic carbocycles. The van der Waals surface area contributed by atoms with Crippen molar-refractivity contribution < 1.29 is 9.53 Å². The van der Waals surface area contributed by atoms with Crippen LogP contribution in [-0.2, 0) is 4.79 Å². The van der Waals surface area contributed by atoms with Gasteiger partial charge in [-0.05, 0) is 25.3 Å². The number of amides is 1. The molecule has 0 fully saturated rings. The van der Waals surface area contributed by atoms with Crippen molar-refractivity contribution in [3.63, 3.8) is 0 Å². The number of carbonyl (C=O) groups is 1. The normalized spacial score (nSPS) is 12.3. The zero-order valence-electron chi connectivity index (χ0n) is 12.0. The summed E-state index contributed by atoms with van der Waals surface area (Å²) in [6, 6.07) is 7.42. The van der Waals surface area contributed by atoms with E-state index in [1.54, 1.807) is 0 Å². The molecule has 0 spiro atoms. The quantitative estimate of drug-likeness (QED) is 0.794. The first kappa shape index (κ1) is 15.5. The average Bonchev–Trinajstić information content (AvgIpc) is 2.36. The lowest BCUT2D eigenvalue weighted by Crippen LogP contribution is -2.30. The molecule has 0 bridgehead atoms. The second kappa shape index (κ2) is 7.79. The molecule has 4 heteroatoms. The topological polar surface area (TPSA) is 64.3 Å². The molecule has 0 aliphatic heterocycles. The lowest BCUT2D eigenvalue weighted by molar-refractivity contribution is -0.123. The third kappa shape index (κ3) is 5.75. The van der Waals surface area contributed by atoms with Crippen molar-refractivity contribution in [1.29, 1.82) is 0 Å². The van der Waals surface area contributed by atoms with Gasteiger partial charge in [0, 0.05) is 18.2 Å². The Hall–Kier alpha value is -1.55. The summed E-state index contributed by atoms with van der Waals surface area (Å²) in [5, 5.41) is 2.84. The first-order valence-corrected chi connectivity index (χ1v) is 6.74. The number of hydrogen-bond acceptors (Lipinski definition) is 3. The molecule has 1 amide bonds. The molecule has 1 aromatic rings. The summed E-state index contributed by atoms with van der Waals surface area (Å²) in [5.74, 6) is 1.16. The van der Waals surface area contributed by atoms with Crippen LogP contribution in [0.15, 0.2) is 24.3 Å². The molecule has 4 nitrogen and oxygen atoms in total. The minimum absolute atomic E-state index is 0.0296. The first-order valence-electron chi connectivity index (χ1n) is 6.74. The summed E-state index contributed by atoms with van der Waals surface area (Å²) >= 11 is 0.